The number of esters is 1. The van der Waals surface area contributed by atoms with Crippen LogP contribution in [-0.2, 0) is 9.53 Å². The molecular weight excluding hydrogens is 402 g/mol. The molecule has 0 heterocycles. The van der Waals surface area contributed by atoms with E-state index in [9.17, 15) is 14.4 Å². The molecule has 0 saturated heterocycles. The molecule has 0 amide bonds. The quantitative estimate of drug-likeness (QED) is 0.379. The van der Waals surface area contributed by atoms with E-state index >= 15 is 0 Å². The molecule has 3 aromatic carbocycles. The van der Waals surface area contributed by atoms with Gasteiger partial charge in [0, 0.05) is 23.2 Å². The Bertz CT molecular complexity index is 1100. The number of ether oxygens (including phenoxy) is 1. The van der Waals surface area contributed by atoms with Gasteiger partial charge in [-0.2, -0.15) is 0 Å². The molecule has 0 saturated carbocycles. The van der Waals surface area contributed by atoms with Crippen LogP contribution in [0.25, 0.3) is 0 Å². The summed E-state index contributed by atoms with van der Waals surface area (Å²) in [6.07, 6.45) is -0.0888. The maximum atomic E-state index is 12.9. The summed E-state index contributed by atoms with van der Waals surface area (Å²) in [4.78, 5) is 38.0. The number of rotatable bonds is 9. The fourth-order valence-electron chi connectivity index (χ4n) is 3.21. The Balaban J connectivity index is 1.73. The topological polar surface area (TPSA) is 72.5 Å². The maximum absolute atomic E-state index is 12.9. The second-order valence-electron chi connectivity index (χ2n) is 7.89. The van der Waals surface area contributed by atoms with Crippen molar-refractivity contribution in [2.45, 2.75) is 33.2 Å². The molecule has 32 heavy (non-hydrogen) atoms. The van der Waals surface area contributed by atoms with E-state index in [2.05, 4.69) is 5.32 Å². The van der Waals surface area contributed by atoms with E-state index in [0.29, 0.717) is 16.8 Å². The fraction of sp³-hybridized carbons (Fsp3) is 0.222. The Morgan fingerprint density at radius 2 is 1.44 bits per heavy atom. The summed E-state index contributed by atoms with van der Waals surface area (Å²) in [6.45, 7) is 5.53. The summed E-state index contributed by atoms with van der Waals surface area (Å²) < 4.78 is 5.31. The van der Waals surface area contributed by atoms with Crippen LogP contribution < -0.4 is 5.32 Å². The SMILES string of the molecule is Cc1ccc(C(=O)COC(=O)[C@@H](CC(=O)c2ccccc2)Nc2ccc(C)c(C)c2)cc1. The number of carbonyl (C=O) groups is 3. The van der Waals surface area contributed by atoms with Gasteiger partial charge in [0.1, 0.15) is 6.04 Å². The molecule has 0 bridgehead atoms. The summed E-state index contributed by atoms with van der Waals surface area (Å²) in [5.41, 5.74) is 4.92. The van der Waals surface area contributed by atoms with Gasteiger partial charge in [-0.15, -0.1) is 0 Å². The van der Waals surface area contributed by atoms with E-state index in [1.165, 1.54) is 0 Å². The van der Waals surface area contributed by atoms with Crippen LogP contribution in [0.1, 0.15) is 43.8 Å². The van der Waals surface area contributed by atoms with Crippen molar-refractivity contribution in [3.63, 3.8) is 0 Å². The molecule has 0 aliphatic rings. The summed E-state index contributed by atoms with van der Waals surface area (Å²) in [5.74, 6) is -1.13. The molecule has 5 heteroatoms. The Morgan fingerprint density at radius 1 is 0.781 bits per heavy atom. The zero-order valence-electron chi connectivity index (χ0n) is 18.6. The fourth-order valence-corrected chi connectivity index (χ4v) is 3.21. The van der Waals surface area contributed by atoms with Gasteiger partial charge in [-0.05, 0) is 44.0 Å². The second-order valence-corrected chi connectivity index (χ2v) is 7.89. The molecule has 0 spiro atoms. The number of carbonyl (C=O) groups excluding carboxylic acids is 3. The van der Waals surface area contributed by atoms with E-state index in [-0.39, 0.29) is 24.6 Å². The van der Waals surface area contributed by atoms with Crippen LogP contribution in [0.3, 0.4) is 0 Å². The lowest BCUT2D eigenvalue weighted by Crippen LogP contribution is -2.35. The van der Waals surface area contributed by atoms with Crippen LogP contribution in [0.4, 0.5) is 5.69 Å². The van der Waals surface area contributed by atoms with Crippen molar-refractivity contribution >= 4 is 23.2 Å². The number of benzene rings is 3. The first-order valence-corrected chi connectivity index (χ1v) is 10.5. The van der Waals surface area contributed by atoms with Gasteiger partial charge in [0.05, 0.1) is 0 Å². The molecule has 0 aliphatic heterocycles. The van der Waals surface area contributed by atoms with E-state index in [4.69, 9.17) is 4.74 Å². The average molecular weight is 430 g/mol. The van der Waals surface area contributed by atoms with Gasteiger partial charge in [-0.1, -0.05) is 66.2 Å². The standard InChI is InChI=1S/C27H27NO4/c1-18-9-12-22(13-10-18)26(30)17-32-27(31)24(16-25(29)21-7-5-4-6-8-21)28-23-14-11-19(2)20(3)15-23/h4-15,24,28H,16-17H2,1-3H3/t24-/m1/s1. The van der Waals surface area contributed by atoms with Crippen molar-refractivity contribution in [3.05, 3.63) is 101 Å². The molecule has 3 rings (SSSR count). The van der Waals surface area contributed by atoms with Crippen LogP contribution in [0, 0.1) is 20.8 Å². The van der Waals surface area contributed by atoms with Gasteiger partial charge in [0.25, 0.3) is 0 Å². The van der Waals surface area contributed by atoms with E-state index in [1.807, 2.05) is 57.2 Å². The van der Waals surface area contributed by atoms with E-state index in [1.54, 1.807) is 36.4 Å². The Kier molecular flexibility index (Phi) is 7.55. The molecule has 1 atom stereocenters. The lowest BCUT2D eigenvalue weighted by atomic mass is 10.0. The predicted molar refractivity (Wildman–Crippen MR) is 125 cm³/mol. The average Bonchev–Trinajstić information content (AvgIpc) is 2.80. The van der Waals surface area contributed by atoms with Gasteiger partial charge in [-0.25, -0.2) is 4.79 Å². The maximum Gasteiger partial charge on any atom is 0.329 e. The van der Waals surface area contributed by atoms with Crippen molar-refractivity contribution in [3.8, 4) is 0 Å². The highest BCUT2D eigenvalue weighted by atomic mass is 16.5. The van der Waals surface area contributed by atoms with Crippen molar-refractivity contribution in [2.75, 3.05) is 11.9 Å². The Hall–Kier alpha value is -3.73. The molecule has 0 fully saturated rings. The van der Waals surface area contributed by atoms with Gasteiger partial charge >= 0.3 is 5.97 Å². The Morgan fingerprint density at radius 3 is 2.09 bits per heavy atom. The van der Waals surface area contributed by atoms with Crippen molar-refractivity contribution in [1.29, 1.82) is 0 Å². The summed E-state index contributed by atoms with van der Waals surface area (Å²) >= 11 is 0. The number of ketones is 2. The molecule has 5 nitrogen and oxygen atoms in total. The van der Waals surface area contributed by atoms with E-state index < -0.39 is 12.0 Å². The number of aryl methyl sites for hydroxylation is 3. The minimum absolute atomic E-state index is 0.0888. The monoisotopic (exact) mass is 429 g/mol. The van der Waals surface area contributed by atoms with Crippen LogP contribution in [0.2, 0.25) is 0 Å². The minimum atomic E-state index is -0.921. The highest BCUT2D eigenvalue weighted by Crippen LogP contribution is 2.18. The normalized spacial score (nSPS) is 11.5. The van der Waals surface area contributed by atoms with Gasteiger partial charge in [-0.3, -0.25) is 9.59 Å². The molecular formula is C27H27NO4. The zero-order chi connectivity index (χ0) is 23.1. The predicted octanol–water partition coefficient (Wildman–Crippen LogP) is 5.09. The molecule has 0 aliphatic carbocycles. The van der Waals surface area contributed by atoms with Crippen molar-refractivity contribution < 1.29 is 19.1 Å². The largest absolute Gasteiger partial charge is 0.456 e. The van der Waals surface area contributed by atoms with Crippen LogP contribution >= 0.6 is 0 Å². The molecule has 1 N–H and O–H groups in total. The summed E-state index contributed by atoms with van der Waals surface area (Å²) in [6, 6.07) is 20.7. The van der Waals surface area contributed by atoms with Gasteiger partial charge in [0.2, 0.25) is 0 Å². The van der Waals surface area contributed by atoms with Gasteiger partial charge < -0.3 is 10.1 Å². The first kappa shape index (κ1) is 22.9. The number of hydrogen-bond donors (Lipinski definition) is 1. The third-order valence-electron chi connectivity index (χ3n) is 5.34. The third-order valence-corrected chi connectivity index (χ3v) is 5.34. The summed E-state index contributed by atoms with van der Waals surface area (Å²) in [5, 5.41) is 3.11. The third kappa shape index (κ3) is 6.14. The first-order valence-electron chi connectivity index (χ1n) is 10.5. The molecule has 0 unspecified atom stereocenters. The number of Topliss-reactive ketones (excluding diaryl/α,β-unsaturated/α-hetero) is 2. The minimum Gasteiger partial charge on any atom is -0.456 e. The van der Waals surface area contributed by atoms with Crippen molar-refractivity contribution in [1.82, 2.24) is 0 Å². The number of anilines is 1. The first-order chi connectivity index (χ1) is 15.3. The number of hydrogen-bond acceptors (Lipinski definition) is 5. The molecule has 0 aromatic heterocycles. The van der Waals surface area contributed by atoms with Crippen molar-refractivity contribution in [2.24, 2.45) is 0 Å². The smallest absolute Gasteiger partial charge is 0.329 e. The second kappa shape index (κ2) is 10.5. The Labute approximate surface area is 188 Å². The lowest BCUT2D eigenvalue weighted by molar-refractivity contribution is -0.143. The van der Waals surface area contributed by atoms with E-state index in [0.717, 1.165) is 16.7 Å². The van der Waals surface area contributed by atoms with Crippen LogP contribution in [0.15, 0.2) is 72.8 Å². The molecule has 164 valence electrons. The molecule has 3 aromatic rings. The van der Waals surface area contributed by atoms with Crippen LogP contribution in [-0.4, -0.2) is 30.2 Å². The lowest BCUT2D eigenvalue weighted by Gasteiger charge is -2.19. The van der Waals surface area contributed by atoms with Crippen LogP contribution in [0.5, 0.6) is 0 Å². The molecule has 0 radical (unpaired) electrons. The highest BCUT2D eigenvalue weighted by molar-refractivity contribution is 6.01. The van der Waals surface area contributed by atoms with Gasteiger partial charge in [0.15, 0.2) is 18.2 Å². The number of nitrogens with one attached hydrogen (secondary N) is 1. The zero-order valence-corrected chi connectivity index (χ0v) is 18.6. The summed E-state index contributed by atoms with van der Waals surface area (Å²) in [7, 11) is 0. The highest BCUT2D eigenvalue weighted by Gasteiger charge is 2.25.